The molecule has 1 fully saturated rings. The number of likely N-dealkylation sites (tertiary alicyclic amines) is 1. The zero-order chi connectivity index (χ0) is 13.5. The van der Waals surface area contributed by atoms with Crippen molar-refractivity contribution in [2.75, 3.05) is 32.8 Å². The Balaban J connectivity index is 2.50. The summed E-state index contributed by atoms with van der Waals surface area (Å²) in [5.41, 5.74) is 0. The van der Waals surface area contributed by atoms with Gasteiger partial charge in [-0.1, -0.05) is 0 Å². The van der Waals surface area contributed by atoms with Crippen molar-refractivity contribution in [3.05, 3.63) is 0 Å². The van der Waals surface area contributed by atoms with Crippen LogP contribution in [0.2, 0.25) is 0 Å². The van der Waals surface area contributed by atoms with Crippen LogP contribution in [0.4, 0.5) is 0 Å². The minimum absolute atomic E-state index is 0.0363. The summed E-state index contributed by atoms with van der Waals surface area (Å²) in [5, 5.41) is 29.6. The third-order valence-corrected chi connectivity index (χ3v) is 3.00. The average Bonchev–Trinajstić information content (AvgIpc) is 2.28. The molecule has 2 unspecified atom stereocenters. The van der Waals surface area contributed by atoms with Gasteiger partial charge in [0.1, 0.15) is 0 Å². The molecule has 7 heteroatoms. The van der Waals surface area contributed by atoms with Gasteiger partial charge in [-0.3, -0.25) is 14.5 Å². The maximum Gasteiger partial charge on any atom is 0.317 e. The highest BCUT2D eigenvalue weighted by molar-refractivity contribution is 5.71. The predicted octanol–water partition coefficient (Wildman–Crippen LogP) is -1.18. The number of piperidine rings is 1. The van der Waals surface area contributed by atoms with Crippen LogP contribution >= 0.6 is 0 Å². The number of nitrogens with zero attached hydrogens (tertiary/aromatic N) is 1. The van der Waals surface area contributed by atoms with E-state index < -0.39 is 17.9 Å². The Morgan fingerprint density at radius 2 is 2.00 bits per heavy atom. The predicted molar refractivity (Wildman–Crippen MR) is 63.3 cm³/mol. The molecule has 1 rings (SSSR count). The lowest BCUT2D eigenvalue weighted by molar-refractivity contribution is -0.146. The monoisotopic (exact) mass is 260 g/mol. The van der Waals surface area contributed by atoms with Crippen LogP contribution in [-0.4, -0.2) is 71.0 Å². The number of aliphatic carboxylic acids is 2. The first-order chi connectivity index (χ1) is 8.52. The van der Waals surface area contributed by atoms with Crippen molar-refractivity contribution in [1.82, 2.24) is 10.2 Å². The number of rotatable bonds is 7. The quantitative estimate of drug-likeness (QED) is 0.426. The molecule has 0 saturated carbocycles. The van der Waals surface area contributed by atoms with Crippen molar-refractivity contribution in [3.63, 3.8) is 0 Å². The molecule has 7 nitrogen and oxygen atoms in total. The Kier molecular flexibility index (Phi) is 6.03. The standard InChI is InChI=1S/C11H20N2O5/c14-3-1-2-12-9-4-8(11(17)18)5-13(6-9)7-10(15)16/h8-9,12,14H,1-7H2,(H,15,16)(H,17,18). The second kappa shape index (κ2) is 7.30. The van der Waals surface area contributed by atoms with Crippen LogP contribution < -0.4 is 5.32 Å². The van der Waals surface area contributed by atoms with Crippen molar-refractivity contribution in [1.29, 1.82) is 0 Å². The summed E-state index contributed by atoms with van der Waals surface area (Å²) < 4.78 is 0. The minimum Gasteiger partial charge on any atom is -0.481 e. The van der Waals surface area contributed by atoms with Crippen molar-refractivity contribution >= 4 is 11.9 Å². The van der Waals surface area contributed by atoms with Gasteiger partial charge in [-0.15, -0.1) is 0 Å². The van der Waals surface area contributed by atoms with Crippen molar-refractivity contribution in [3.8, 4) is 0 Å². The Labute approximate surface area is 105 Å². The van der Waals surface area contributed by atoms with Gasteiger partial charge in [-0.2, -0.15) is 0 Å². The molecule has 104 valence electrons. The van der Waals surface area contributed by atoms with E-state index in [1.54, 1.807) is 4.90 Å². The highest BCUT2D eigenvalue weighted by Gasteiger charge is 2.31. The summed E-state index contributed by atoms with van der Waals surface area (Å²) in [6.07, 6.45) is 1.10. The van der Waals surface area contributed by atoms with Crippen molar-refractivity contribution in [2.45, 2.75) is 18.9 Å². The first kappa shape index (κ1) is 14.9. The SMILES string of the molecule is O=C(O)CN1CC(NCCCO)CC(C(=O)O)C1. The molecular weight excluding hydrogens is 240 g/mol. The van der Waals surface area contributed by atoms with Gasteiger partial charge in [0.25, 0.3) is 0 Å². The second-order valence-corrected chi connectivity index (χ2v) is 4.59. The van der Waals surface area contributed by atoms with E-state index >= 15 is 0 Å². The van der Waals surface area contributed by atoms with Crippen LogP contribution in [0.3, 0.4) is 0 Å². The molecule has 0 aliphatic carbocycles. The van der Waals surface area contributed by atoms with E-state index in [0.717, 1.165) is 0 Å². The average molecular weight is 260 g/mol. The third-order valence-electron chi connectivity index (χ3n) is 3.00. The van der Waals surface area contributed by atoms with Gasteiger partial charge in [0.05, 0.1) is 12.5 Å². The summed E-state index contributed by atoms with van der Waals surface area (Å²) in [4.78, 5) is 23.3. The molecule has 1 aliphatic heterocycles. The molecule has 2 atom stereocenters. The number of hydrogen-bond acceptors (Lipinski definition) is 5. The summed E-state index contributed by atoms with van der Waals surface area (Å²) in [5.74, 6) is -2.38. The largest absolute Gasteiger partial charge is 0.481 e. The molecule has 0 aromatic carbocycles. The van der Waals surface area contributed by atoms with E-state index in [9.17, 15) is 9.59 Å². The number of carboxylic acid groups (broad SMARTS) is 2. The molecule has 0 aromatic rings. The Morgan fingerprint density at radius 1 is 1.28 bits per heavy atom. The molecule has 0 radical (unpaired) electrons. The van der Waals surface area contributed by atoms with Crippen LogP contribution in [0.25, 0.3) is 0 Å². The van der Waals surface area contributed by atoms with E-state index in [1.165, 1.54) is 0 Å². The van der Waals surface area contributed by atoms with Crippen molar-refractivity contribution < 1.29 is 24.9 Å². The zero-order valence-electron chi connectivity index (χ0n) is 10.2. The fourth-order valence-corrected chi connectivity index (χ4v) is 2.22. The summed E-state index contributed by atoms with van der Waals surface area (Å²) >= 11 is 0. The van der Waals surface area contributed by atoms with E-state index in [1.807, 2.05) is 0 Å². The number of hydrogen-bond donors (Lipinski definition) is 4. The first-order valence-corrected chi connectivity index (χ1v) is 6.04. The lowest BCUT2D eigenvalue weighted by atomic mass is 9.94. The fourth-order valence-electron chi connectivity index (χ4n) is 2.22. The van der Waals surface area contributed by atoms with Gasteiger partial charge in [-0.05, 0) is 19.4 Å². The third kappa shape index (κ3) is 4.99. The smallest absolute Gasteiger partial charge is 0.317 e. The van der Waals surface area contributed by atoms with Crippen LogP contribution in [-0.2, 0) is 9.59 Å². The van der Waals surface area contributed by atoms with Crippen molar-refractivity contribution in [2.24, 2.45) is 5.92 Å². The summed E-state index contributed by atoms with van der Waals surface area (Å²) in [6.45, 7) is 1.36. The Morgan fingerprint density at radius 3 is 2.56 bits per heavy atom. The second-order valence-electron chi connectivity index (χ2n) is 4.59. The maximum atomic E-state index is 11.0. The van der Waals surface area contributed by atoms with Gasteiger partial charge in [0.15, 0.2) is 0 Å². The molecular formula is C11H20N2O5. The number of aliphatic hydroxyl groups is 1. The molecule has 0 spiro atoms. The molecule has 1 aliphatic rings. The number of carboxylic acids is 2. The highest BCUT2D eigenvalue weighted by Crippen LogP contribution is 2.17. The van der Waals surface area contributed by atoms with Gasteiger partial charge < -0.3 is 20.6 Å². The van der Waals surface area contributed by atoms with E-state index in [4.69, 9.17) is 15.3 Å². The topological polar surface area (TPSA) is 110 Å². The van der Waals surface area contributed by atoms with Crippen LogP contribution in [0.5, 0.6) is 0 Å². The minimum atomic E-state index is -0.949. The van der Waals surface area contributed by atoms with E-state index in [0.29, 0.717) is 25.9 Å². The molecule has 1 heterocycles. The van der Waals surface area contributed by atoms with Gasteiger partial charge in [-0.25, -0.2) is 0 Å². The van der Waals surface area contributed by atoms with Crippen LogP contribution in [0.15, 0.2) is 0 Å². The number of nitrogens with one attached hydrogen (secondary N) is 1. The van der Waals surface area contributed by atoms with Gasteiger partial charge in [0, 0.05) is 25.7 Å². The normalized spacial score (nSPS) is 24.9. The number of carbonyl (C=O) groups is 2. The van der Waals surface area contributed by atoms with Crippen LogP contribution in [0.1, 0.15) is 12.8 Å². The fraction of sp³-hybridized carbons (Fsp3) is 0.818. The molecule has 18 heavy (non-hydrogen) atoms. The maximum absolute atomic E-state index is 11.0. The molecule has 0 amide bonds. The highest BCUT2D eigenvalue weighted by atomic mass is 16.4. The Hall–Kier alpha value is -1.18. The lowest BCUT2D eigenvalue weighted by Gasteiger charge is -2.35. The molecule has 0 aromatic heterocycles. The molecule has 0 bridgehead atoms. The number of aliphatic hydroxyl groups excluding tert-OH is 1. The van der Waals surface area contributed by atoms with Gasteiger partial charge >= 0.3 is 11.9 Å². The molecule has 4 N–H and O–H groups in total. The van der Waals surface area contributed by atoms with Crippen LogP contribution in [0, 0.1) is 5.92 Å². The summed E-state index contributed by atoms with van der Waals surface area (Å²) in [6, 6.07) is -0.0363. The van der Waals surface area contributed by atoms with E-state index in [2.05, 4.69) is 5.32 Å². The van der Waals surface area contributed by atoms with E-state index in [-0.39, 0.29) is 25.7 Å². The summed E-state index contributed by atoms with van der Waals surface area (Å²) in [7, 11) is 0. The van der Waals surface area contributed by atoms with Gasteiger partial charge in [0.2, 0.25) is 0 Å². The lowest BCUT2D eigenvalue weighted by Crippen LogP contribution is -2.52. The zero-order valence-corrected chi connectivity index (χ0v) is 10.2. The molecule has 1 saturated heterocycles. The Bertz CT molecular complexity index is 297. The first-order valence-electron chi connectivity index (χ1n) is 6.04.